The first-order chi connectivity index (χ1) is 24.6. The minimum absolute atomic E-state index is 0.171. The number of halogens is 1. The maximum absolute atomic E-state index is 14.0. The average Bonchev–Trinajstić information content (AvgIpc) is 3.65. The van der Waals surface area contributed by atoms with Crippen molar-refractivity contribution in [3.8, 4) is 5.75 Å². The molecular weight excluding hydrogens is 759 g/mol. The van der Waals surface area contributed by atoms with Crippen LogP contribution in [0.4, 0.5) is 5.82 Å². The third-order valence-electron chi connectivity index (χ3n) is 9.16. The molecule has 0 bridgehead atoms. The molecule has 0 saturated heterocycles. The summed E-state index contributed by atoms with van der Waals surface area (Å²) in [7, 11) is -9.21. The highest BCUT2D eigenvalue weighted by Crippen LogP contribution is 2.45. The zero-order valence-electron chi connectivity index (χ0n) is 27.4. The number of phosphoric ester groups is 1. The number of ketones is 1. The van der Waals surface area contributed by atoms with E-state index in [0.717, 1.165) is 28.0 Å². The van der Waals surface area contributed by atoms with E-state index in [0.29, 0.717) is 16.5 Å². The maximum Gasteiger partial charge on any atom is 0.524 e. The van der Waals surface area contributed by atoms with Gasteiger partial charge in [-0.3, -0.25) is 23.6 Å². The molecule has 4 aromatic rings. The van der Waals surface area contributed by atoms with Crippen LogP contribution in [0.15, 0.2) is 61.1 Å². The number of hydrogen-bond donors (Lipinski definition) is 5. The summed E-state index contributed by atoms with van der Waals surface area (Å²) in [6.07, 6.45) is 3.44. The predicted molar refractivity (Wildman–Crippen MR) is 190 cm³/mol. The van der Waals surface area contributed by atoms with E-state index in [1.807, 2.05) is 25.1 Å². The molecule has 3 heterocycles. The lowest BCUT2D eigenvalue weighted by Crippen LogP contribution is -2.29. The number of phosphoric acid groups is 1. The van der Waals surface area contributed by atoms with Crippen LogP contribution in [0.5, 0.6) is 5.75 Å². The number of nitrogens with two attached hydrogens (primary N) is 1. The molecule has 1 unspecified atom stereocenters. The average molecular weight is 793 g/mol. The number of nitrogens with zero attached hydrogens (tertiary/aromatic N) is 2. The van der Waals surface area contributed by atoms with Crippen LogP contribution in [-0.4, -0.2) is 64.3 Å². The summed E-state index contributed by atoms with van der Waals surface area (Å²) >= 11 is 7.62. The topological polar surface area (TPSA) is 238 Å². The SMILES string of the molecule is Cc1sc(C(=O)c2cncnc2N[C@H]2C[C@@H](COS(N)(=O)=O)[C@@H](C(C(=O)O)c3ccc(OP(=O)(O)O)cc3)C2)cc1[C@@H]1OCCc2ccc(Cl)cc21. The molecular formula is C33H34ClN4O11PS2. The van der Waals surface area contributed by atoms with Gasteiger partial charge < -0.3 is 19.7 Å². The molecule has 1 aliphatic carbocycles. The van der Waals surface area contributed by atoms with Gasteiger partial charge >= 0.3 is 24.1 Å². The number of carbonyl (C=O) groups is 2. The molecule has 15 nitrogen and oxygen atoms in total. The quantitative estimate of drug-likeness (QED) is 0.0907. The number of anilines is 1. The Kier molecular flexibility index (Phi) is 11.2. The molecule has 6 N–H and O–H groups in total. The van der Waals surface area contributed by atoms with Crippen LogP contribution in [-0.2, 0) is 35.0 Å². The number of fused-ring (bicyclic) bond motifs is 1. The predicted octanol–water partition coefficient (Wildman–Crippen LogP) is 4.76. The Balaban J connectivity index is 1.25. The molecule has 2 aromatic carbocycles. The third kappa shape index (κ3) is 8.87. The maximum atomic E-state index is 14.0. The van der Waals surface area contributed by atoms with Gasteiger partial charge in [0.2, 0.25) is 5.78 Å². The van der Waals surface area contributed by atoms with E-state index < -0.39 is 60.6 Å². The smallest absolute Gasteiger partial charge is 0.481 e. The van der Waals surface area contributed by atoms with Crippen molar-refractivity contribution in [3.63, 3.8) is 0 Å². The van der Waals surface area contributed by atoms with E-state index in [2.05, 4.69) is 19.8 Å². The zero-order chi connectivity index (χ0) is 37.4. The van der Waals surface area contributed by atoms with Gasteiger partial charge in [0.25, 0.3) is 0 Å². The fraction of sp³-hybridized carbons (Fsp3) is 0.333. The van der Waals surface area contributed by atoms with Crippen LogP contribution < -0.4 is 15.0 Å². The highest BCUT2D eigenvalue weighted by molar-refractivity contribution is 7.84. The molecule has 0 radical (unpaired) electrons. The van der Waals surface area contributed by atoms with E-state index in [-0.39, 0.29) is 41.3 Å². The van der Waals surface area contributed by atoms with Crippen molar-refractivity contribution in [3.05, 3.63) is 104 Å². The van der Waals surface area contributed by atoms with Crippen molar-refractivity contribution in [1.29, 1.82) is 0 Å². The lowest BCUT2D eigenvalue weighted by atomic mass is 9.80. The highest BCUT2D eigenvalue weighted by atomic mass is 35.5. The summed E-state index contributed by atoms with van der Waals surface area (Å²) < 4.78 is 50.4. The highest BCUT2D eigenvalue weighted by Gasteiger charge is 2.44. The molecule has 0 spiro atoms. The Bertz CT molecular complexity index is 2150. The summed E-state index contributed by atoms with van der Waals surface area (Å²) in [5.41, 5.74) is 3.39. The molecule has 19 heteroatoms. The lowest BCUT2D eigenvalue weighted by Gasteiger charge is -2.26. The first-order valence-corrected chi connectivity index (χ1v) is 20.1. The Labute approximate surface area is 307 Å². The number of carbonyl (C=O) groups excluding carboxylic acids is 1. The number of aryl methyl sites for hydroxylation is 1. The minimum Gasteiger partial charge on any atom is -0.481 e. The molecule has 1 aliphatic heterocycles. The zero-order valence-corrected chi connectivity index (χ0v) is 30.7. The van der Waals surface area contributed by atoms with Crippen molar-refractivity contribution in [2.45, 2.75) is 44.2 Å². The molecule has 0 amide bonds. The van der Waals surface area contributed by atoms with E-state index in [9.17, 15) is 27.7 Å². The van der Waals surface area contributed by atoms with Crippen LogP contribution >= 0.6 is 30.8 Å². The van der Waals surface area contributed by atoms with Crippen LogP contribution in [0.25, 0.3) is 0 Å². The molecule has 1 saturated carbocycles. The number of aromatic nitrogens is 2. The number of hydrogen-bond acceptors (Lipinski definition) is 12. The van der Waals surface area contributed by atoms with Crippen molar-refractivity contribution in [2.24, 2.45) is 17.0 Å². The Hall–Kier alpha value is -3.77. The monoisotopic (exact) mass is 792 g/mol. The first kappa shape index (κ1) is 38.0. The second-order valence-corrected chi connectivity index (χ2v) is 16.6. The molecule has 6 rings (SSSR count). The Morgan fingerprint density at radius 2 is 1.90 bits per heavy atom. The van der Waals surface area contributed by atoms with Gasteiger partial charge in [-0.25, -0.2) is 19.7 Å². The molecule has 1 fully saturated rings. The summed E-state index contributed by atoms with van der Waals surface area (Å²) in [4.78, 5) is 54.7. The largest absolute Gasteiger partial charge is 0.524 e. The fourth-order valence-electron chi connectivity index (χ4n) is 6.98. The van der Waals surface area contributed by atoms with Crippen LogP contribution in [0.3, 0.4) is 0 Å². The van der Waals surface area contributed by atoms with Gasteiger partial charge in [-0.1, -0.05) is 29.8 Å². The fourth-order valence-corrected chi connectivity index (χ4v) is 8.92. The number of rotatable bonds is 13. The number of ether oxygens (including phenoxy) is 1. The summed E-state index contributed by atoms with van der Waals surface area (Å²) in [6, 6.07) is 12.2. The van der Waals surface area contributed by atoms with E-state index in [1.165, 1.54) is 48.1 Å². The van der Waals surface area contributed by atoms with Crippen molar-refractivity contribution in [2.75, 3.05) is 18.5 Å². The number of aliphatic carboxylic acids is 1. The summed E-state index contributed by atoms with van der Waals surface area (Å²) in [6.45, 7) is 2.03. The van der Waals surface area contributed by atoms with E-state index in [1.54, 1.807) is 6.07 Å². The third-order valence-corrected chi connectivity index (χ3v) is 11.4. The molecule has 5 atom stereocenters. The van der Waals surface area contributed by atoms with Gasteiger partial charge in [0.15, 0.2) is 0 Å². The second kappa shape index (κ2) is 15.3. The Morgan fingerprint density at radius 1 is 1.15 bits per heavy atom. The second-order valence-electron chi connectivity index (χ2n) is 12.6. The van der Waals surface area contributed by atoms with Crippen LogP contribution in [0.1, 0.15) is 67.2 Å². The molecule has 276 valence electrons. The summed E-state index contributed by atoms with van der Waals surface area (Å²) in [5.74, 6) is -4.06. The normalized spacial score (nSPS) is 20.9. The van der Waals surface area contributed by atoms with Gasteiger partial charge in [0, 0.05) is 22.1 Å². The number of nitrogens with one attached hydrogen (secondary N) is 1. The van der Waals surface area contributed by atoms with Crippen LogP contribution in [0, 0.1) is 18.8 Å². The van der Waals surface area contributed by atoms with Crippen molar-refractivity contribution in [1.82, 2.24) is 9.97 Å². The Morgan fingerprint density at radius 3 is 2.60 bits per heavy atom. The molecule has 52 heavy (non-hydrogen) atoms. The van der Waals surface area contributed by atoms with Crippen molar-refractivity contribution >= 4 is 58.6 Å². The van der Waals surface area contributed by atoms with Gasteiger partial charge in [-0.15, -0.1) is 11.3 Å². The number of carboxylic acid groups (broad SMARTS) is 1. The van der Waals surface area contributed by atoms with Gasteiger partial charge in [-0.2, -0.15) is 8.42 Å². The van der Waals surface area contributed by atoms with E-state index >= 15 is 0 Å². The van der Waals surface area contributed by atoms with Crippen molar-refractivity contribution < 1.29 is 50.9 Å². The first-order valence-electron chi connectivity index (χ1n) is 15.9. The van der Waals surface area contributed by atoms with E-state index in [4.69, 9.17) is 35.4 Å². The van der Waals surface area contributed by atoms with Gasteiger partial charge in [-0.05, 0) is 90.6 Å². The minimum atomic E-state index is -4.85. The van der Waals surface area contributed by atoms with Gasteiger partial charge in [0.05, 0.1) is 29.6 Å². The summed E-state index contributed by atoms with van der Waals surface area (Å²) in [5, 5.41) is 19.3. The number of benzene rings is 2. The number of carboxylic acids is 1. The number of thiophene rings is 1. The standard InChI is InChI=1S/C33H34ClN4O11PS2/c1-17-24(31-26-11-21(34)5-2-18(26)8-9-47-31)13-28(51-17)30(39)27-14-36-16-37-32(27)38-22-10-20(15-48-52(35,45)46)25(12-22)29(33(40)41)19-3-6-23(7-4-19)49-50(42,43)44/h2-7,11,13-14,16,20,22,25,29,31H,8-10,12,15H2,1H3,(H,40,41)(H2,35,45,46)(H,36,37,38)(H2,42,43,44)/t20-,22-,25-,29?,31-/m0/s1. The van der Waals surface area contributed by atoms with Gasteiger partial charge in [0.1, 0.15) is 24.0 Å². The molecule has 2 aliphatic rings. The molecule has 2 aromatic heterocycles. The van der Waals surface area contributed by atoms with Crippen LogP contribution in [0.2, 0.25) is 5.02 Å². The lowest BCUT2D eigenvalue weighted by molar-refractivity contribution is -0.140.